The van der Waals surface area contributed by atoms with Crippen LogP contribution in [0.3, 0.4) is 0 Å². The highest BCUT2D eigenvalue weighted by molar-refractivity contribution is 6.12. The Morgan fingerprint density at radius 3 is 2.86 bits per heavy atom. The Morgan fingerprint density at radius 2 is 2.14 bits per heavy atom. The van der Waals surface area contributed by atoms with Gasteiger partial charge in [0.2, 0.25) is 0 Å². The average Bonchev–Trinajstić information content (AvgIpc) is 2.17. The first-order valence-electron chi connectivity index (χ1n) is 4.09. The Labute approximate surface area is 79.9 Å². The molecule has 5 heteroatoms. The van der Waals surface area contributed by atoms with E-state index in [0.29, 0.717) is 17.1 Å². The molecule has 0 unspecified atom stereocenters. The van der Waals surface area contributed by atoms with Crippen LogP contribution < -0.4 is 10.2 Å². The number of carbonyl (C=O) groups is 2. The molecule has 2 N–H and O–H groups in total. The van der Waals surface area contributed by atoms with Gasteiger partial charge in [0.1, 0.15) is 0 Å². The van der Waals surface area contributed by atoms with Crippen LogP contribution in [-0.4, -0.2) is 17.2 Å². The van der Waals surface area contributed by atoms with Gasteiger partial charge in [-0.1, -0.05) is 18.2 Å². The Kier molecular flexibility index (Phi) is 1.85. The maximum absolute atomic E-state index is 11.2. The summed E-state index contributed by atoms with van der Waals surface area (Å²) < 4.78 is 0. The summed E-state index contributed by atoms with van der Waals surface area (Å²) in [7, 11) is 0. The molecular formula is C9H8N2O3. The maximum atomic E-state index is 11.2. The normalized spacial score (nSPS) is 14.6. The van der Waals surface area contributed by atoms with Gasteiger partial charge in [-0.3, -0.25) is 0 Å². The van der Waals surface area contributed by atoms with E-state index >= 15 is 0 Å². The van der Waals surface area contributed by atoms with Gasteiger partial charge in [0.05, 0.1) is 5.69 Å². The molecular weight excluding hydrogens is 184 g/mol. The lowest BCUT2D eigenvalue weighted by molar-refractivity contribution is 0.198. The number of urea groups is 1. The van der Waals surface area contributed by atoms with Crippen molar-refractivity contribution < 1.29 is 14.7 Å². The van der Waals surface area contributed by atoms with Gasteiger partial charge in [0.25, 0.3) is 0 Å². The van der Waals surface area contributed by atoms with Gasteiger partial charge in [-0.2, -0.15) is 4.90 Å². The average molecular weight is 192 g/mol. The van der Waals surface area contributed by atoms with Crippen LogP contribution in [0.2, 0.25) is 0 Å². The molecule has 72 valence electrons. The molecule has 0 spiro atoms. The van der Waals surface area contributed by atoms with Crippen molar-refractivity contribution in [3.05, 3.63) is 29.8 Å². The van der Waals surface area contributed by atoms with Crippen molar-refractivity contribution in [2.24, 2.45) is 0 Å². The molecule has 0 bridgehead atoms. The van der Waals surface area contributed by atoms with E-state index in [1.807, 2.05) is 0 Å². The van der Waals surface area contributed by atoms with Crippen LogP contribution in [-0.2, 0) is 6.54 Å². The monoisotopic (exact) mass is 192 g/mol. The van der Waals surface area contributed by atoms with Crippen molar-refractivity contribution in [2.75, 3.05) is 4.90 Å². The number of fused-ring (bicyclic) bond motifs is 1. The summed E-state index contributed by atoms with van der Waals surface area (Å²) in [5, 5.41) is 11.3. The third-order valence-electron chi connectivity index (χ3n) is 2.06. The number of amides is 3. The molecule has 0 aliphatic carbocycles. The van der Waals surface area contributed by atoms with Crippen LogP contribution in [0.25, 0.3) is 0 Å². The number of anilines is 1. The largest absolute Gasteiger partial charge is 0.464 e. The minimum Gasteiger partial charge on any atom is -0.464 e. The fourth-order valence-electron chi connectivity index (χ4n) is 1.43. The molecule has 3 amide bonds. The standard InChI is InChI=1S/C9H8N2O3/c12-8-10-5-6-3-1-2-4-7(6)11(8)9(13)14/h1-4H,5H2,(H,10,12)(H,13,14). The first-order chi connectivity index (χ1) is 6.70. The SMILES string of the molecule is O=C(O)N1C(=O)NCc2ccccc21. The zero-order valence-corrected chi connectivity index (χ0v) is 7.23. The van der Waals surface area contributed by atoms with Gasteiger partial charge in [-0.25, -0.2) is 9.59 Å². The number of para-hydroxylation sites is 1. The number of imide groups is 1. The summed E-state index contributed by atoms with van der Waals surface area (Å²) in [4.78, 5) is 22.7. The molecule has 1 heterocycles. The highest BCUT2D eigenvalue weighted by Gasteiger charge is 2.28. The van der Waals surface area contributed by atoms with Crippen molar-refractivity contribution in [1.29, 1.82) is 0 Å². The molecule has 1 aliphatic heterocycles. The molecule has 1 aliphatic rings. The lowest BCUT2D eigenvalue weighted by Crippen LogP contribution is -2.46. The fraction of sp³-hybridized carbons (Fsp3) is 0.111. The first kappa shape index (κ1) is 8.55. The zero-order valence-electron chi connectivity index (χ0n) is 7.23. The molecule has 0 atom stereocenters. The molecule has 0 saturated heterocycles. The van der Waals surface area contributed by atoms with Gasteiger partial charge in [-0.15, -0.1) is 0 Å². The summed E-state index contributed by atoms with van der Waals surface area (Å²) in [6, 6.07) is 6.30. The highest BCUT2D eigenvalue weighted by atomic mass is 16.4. The number of hydrogen-bond donors (Lipinski definition) is 2. The predicted octanol–water partition coefficient (Wildman–Crippen LogP) is 1.39. The van der Waals surface area contributed by atoms with E-state index in [9.17, 15) is 9.59 Å². The van der Waals surface area contributed by atoms with E-state index < -0.39 is 12.1 Å². The number of carbonyl (C=O) groups excluding carboxylic acids is 1. The molecule has 0 fully saturated rings. The number of rotatable bonds is 0. The number of nitrogens with zero attached hydrogens (tertiary/aromatic N) is 1. The summed E-state index contributed by atoms with van der Waals surface area (Å²) in [5.74, 6) is 0. The third kappa shape index (κ3) is 1.19. The molecule has 14 heavy (non-hydrogen) atoms. The number of carboxylic acid groups (broad SMARTS) is 1. The van der Waals surface area contributed by atoms with E-state index in [0.717, 1.165) is 5.56 Å². The second kappa shape index (κ2) is 3.02. The highest BCUT2D eigenvalue weighted by Crippen LogP contribution is 2.23. The molecule has 0 radical (unpaired) electrons. The van der Waals surface area contributed by atoms with E-state index in [2.05, 4.69) is 5.32 Å². The van der Waals surface area contributed by atoms with Crippen molar-refractivity contribution in [2.45, 2.75) is 6.54 Å². The van der Waals surface area contributed by atoms with Crippen LogP contribution in [0.5, 0.6) is 0 Å². The lowest BCUT2D eigenvalue weighted by Gasteiger charge is -2.25. The van der Waals surface area contributed by atoms with E-state index in [1.165, 1.54) is 0 Å². The van der Waals surface area contributed by atoms with E-state index in [4.69, 9.17) is 5.11 Å². The quantitative estimate of drug-likeness (QED) is 0.652. The lowest BCUT2D eigenvalue weighted by atomic mass is 10.1. The number of hydrogen-bond acceptors (Lipinski definition) is 2. The third-order valence-corrected chi connectivity index (χ3v) is 2.06. The Morgan fingerprint density at radius 1 is 1.43 bits per heavy atom. The van der Waals surface area contributed by atoms with Crippen molar-refractivity contribution in [3.63, 3.8) is 0 Å². The van der Waals surface area contributed by atoms with Crippen LogP contribution in [0.1, 0.15) is 5.56 Å². The van der Waals surface area contributed by atoms with Crippen molar-refractivity contribution in [3.8, 4) is 0 Å². The topological polar surface area (TPSA) is 69.6 Å². The first-order valence-corrected chi connectivity index (χ1v) is 4.09. The fourth-order valence-corrected chi connectivity index (χ4v) is 1.43. The van der Waals surface area contributed by atoms with Crippen molar-refractivity contribution >= 4 is 17.8 Å². The molecule has 0 aromatic heterocycles. The smallest absolute Gasteiger partial charge is 0.420 e. The van der Waals surface area contributed by atoms with Crippen molar-refractivity contribution in [1.82, 2.24) is 5.32 Å². The summed E-state index contributed by atoms with van der Waals surface area (Å²) >= 11 is 0. The Bertz CT molecular complexity index is 403. The van der Waals surface area contributed by atoms with Gasteiger partial charge in [0, 0.05) is 6.54 Å². The molecule has 1 aromatic rings. The zero-order chi connectivity index (χ0) is 10.1. The molecule has 2 rings (SSSR count). The Balaban J connectivity index is 2.51. The summed E-state index contributed by atoms with van der Waals surface area (Å²) in [6.07, 6.45) is -1.27. The minimum absolute atomic E-state index is 0.374. The van der Waals surface area contributed by atoms with Gasteiger partial charge >= 0.3 is 12.1 Å². The predicted molar refractivity (Wildman–Crippen MR) is 49.2 cm³/mol. The van der Waals surface area contributed by atoms with Gasteiger partial charge in [0.15, 0.2) is 0 Å². The van der Waals surface area contributed by atoms with Crippen LogP contribution in [0.15, 0.2) is 24.3 Å². The van der Waals surface area contributed by atoms with E-state index in [-0.39, 0.29) is 0 Å². The van der Waals surface area contributed by atoms with Crippen LogP contribution in [0.4, 0.5) is 15.3 Å². The number of nitrogens with one attached hydrogen (secondary N) is 1. The second-order valence-electron chi connectivity index (χ2n) is 2.91. The summed E-state index contributed by atoms with van der Waals surface area (Å²) in [5.41, 5.74) is 1.23. The van der Waals surface area contributed by atoms with Gasteiger partial charge in [-0.05, 0) is 11.6 Å². The van der Waals surface area contributed by atoms with Crippen LogP contribution >= 0.6 is 0 Å². The summed E-state index contributed by atoms with van der Waals surface area (Å²) in [6.45, 7) is 0.374. The Hall–Kier alpha value is -2.04. The van der Waals surface area contributed by atoms with Crippen LogP contribution in [0, 0.1) is 0 Å². The molecule has 5 nitrogen and oxygen atoms in total. The second-order valence-corrected chi connectivity index (χ2v) is 2.91. The van der Waals surface area contributed by atoms with E-state index in [1.54, 1.807) is 24.3 Å². The molecule has 0 saturated carbocycles. The number of benzene rings is 1. The van der Waals surface area contributed by atoms with Gasteiger partial charge < -0.3 is 10.4 Å². The molecule has 1 aromatic carbocycles. The minimum atomic E-state index is -1.27. The maximum Gasteiger partial charge on any atom is 0.420 e.